The van der Waals surface area contributed by atoms with Gasteiger partial charge in [0.2, 0.25) is 0 Å². The van der Waals surface area contributed by atoms with Crippen molar-refractivity contribution in [3.8, 4) is 17.1 Å². The molecule has 0 aliphatic heterocycles. The van der Waals surface area contributed by atoms with E-state index >= 15 is 0 Å². The average Bonchev–Trinajstić information content (AvgIpc) is 3.11. The van der Waals surface area contributed by atoms with Gasteiger partial charge in [-0.05, 0) is 59.0 Å². The minimum Gasteiger partial charge on any atom is -0.487 e. The van der Waals surface area contributed by atoms with Crippen LogP contribution in [-0.4, -0.2) is 9.97 Å². The highest BCUT2D eigenvalue weighted by Crippen LogP contribution is 2.32. The first-order valence-electron chi connectivity index (χ1n) is 9.47. The molecule has 5 heteroatoms. The van der Waals surface area contributed by atoms with Gasteiger partial charge in [-0.3, -0.25) is 0 Å². The van der Waals surface area contributed by atoms with Crippen LogP contribution < -0.4 is 4.74 Å². The molecule has 0 aliphatic rings. The smallest absolute Gasteiger partial charge is 0.139 e. The lowest BCUT2D eigenvalue weighted by atomic mass is 9.87. The predicted molar refractivity (Wildman–Crippen MR) is 116 cm³/mol. The minimum absolute atomic E-state index is 0.0705. The van der Waals surface area contributed by atoms with Gasteiger partial charge in [0, 0.05) is 5.56 Å². The Morgan fingerprint density at radius 1 is 1.00 bits per heavy atom. The van der Waals surface area contributed by atoms with Gasteiger partial charge in [-0.1, -0.05) is 50.6 Å². The number of ether oxygens (including phenoxy) is 1. The Kier molecular flexibility index (Phi) is 5.05. The molecule has 1 heterocycles. The number of H-pyrrole nitrogens is 1. The highest BCUT2D eigenvalue weighted by atomic mass is 35.5. The van der Waals surface area contributed by atoms with E-state index in [2.05, 4.69) is 37.9 Å². The number of imidazole rings is 1. The van der Waals surface area contributed by atoms with Crippen molar-refractivity contribution in [1.82, 2.24) is 9.97 Å². The van der Waals surface area contributed by atoms with Crippen molar-refractivity contribution in [2.75, 3.05) is 0 Å². The van der Waals surface area contributed by atoms with Crippen LogP contribution in [0.25, 0.3) is 22.4 Å². The second-order valence-electron chi connectivity index (χ2n) is 8.13. The summed E-state index contributed by atoms with van der Waals surface area (Å²) in [5.41, 5.74) is 4.98. The van der Waals surface area contributed by atoms with E-state index < -0.39 is 0 Å². The molecule has 0 bridgehead atoms. The molecule has 29 heavy (non-hydrogen) atoms. The van der Waals surface area contributed by atoms with Gasteiger partial charge in [-0.2, -0.15) is 0 Å². The van der Waals surface area contributed by atoms with Gasteiger partial charge in [0.05, 0.1) is 16.1 Å². The number of aromatic amines is 1. The monoisotopic (exact) mass is 408 g/mol. The normalized spacial score (nSPS) is 11.8. The standard InChI is InChI=1S/C24H22ClFN2O/c1-24(2,3)17-7-11-20-21(13-17)28-23(27-20)16-6-10-19(25)22(12-16)29-14-15-4-8-18(26)9-5-15/h4-13H,14H2,1-3H3,(H,27,28). The predicted octanol–water partition coefficient (Wildman–Crippen LogP) is 6.90. The second-order valence-corrected chi connectivity index (χ2v) is 8.53. The summed E-state index contributed by atoms with van der Waals surface area (Å²) >= 11 is 6.31. The van der Waals surface area contributed by atoms with Crippen LogP contribution in [0.3, 0.4) is 0 Å². The van der Waals surface area contributed by atoms with Crippen molar-refractivity contribution in [2.45, 2.75) is 32.8 Å². The van der Waals surface area contributed by atoms with Crippen molar-refractivity contribution < 1.29 is 9.13 Å². The molecule has 3 nitrogen and oxygen atoms in total. The van der Waals surface area contributed by atoms with Crippen LogP contribution in [0.1, 0.15) is 31.9 Å². The number of rotatable bonds is 4. The summed E-state index contributed by atoms with van der Waals surface area (Å²) in [6.45, 7) is 6.87. The van der Waals surface area contributed by atoms with E-state index in [0.717, 1.165) is 28.0 Å². The van der Waals surface area contributed by atoms with Gasteiger partial charge >= 0.3 is 0 Å². The summed E-state index contributed by atoms with van der Waals surface area (Å²) in [6.07, 6.45) is 0. The van der Waals surface area contributed by atoms with Crippen molar-refractivity contribution in [3.63, 3.8) is 0 Å². The molecule has 0 amide bonds. The maximum absolute atomic E-state index is 13.1. The molecule has 1 N–H and O–H groups in total. The Morgan fingerprint density at radius 2 is 1.76 bits per heavy atom. The van der Waals surface area contributed by atoms with Crippen molar-refractivity contribution in [3.05, 3.63) is 82.6 Å². The van der Waals surface area contributed by atoms with Gasteiger partial charge in [0.1, 0.15) is 24.0 Å². The van der Waals surface area contributed by atoms with Gasteiger partial charge in [-0.25, -0.2) is 9.37 Å². The van der Waals surface area contributed by atoms with E-state index in [1.165, 1.54) is 17.7 Å². The van der Waals surface area contributed by atoms with E-state index in [4.69, 9.17) is 21.3 Å². The molecule has 0 spiro atoms. The zero-order valence-electron chi connectivity index (χ0n) is 16.6. The molecule has 1 aromatic heterocycles. The first-order chi connectivity index (χ1) is 13.8. The molecular formula is C24H22ClFN2O. The largest absolute Gasteiger partial charge is 0.487 e. The third-order valence-electron chi connectivity index (χ3n) is 4.86. The first-order valence-corrected chi connectivity index (χ1v) is 9.85. The number of nitrogens with zero attached hydrogens (tertiary/aromatic N) is 1. The molecular weight excluding hydrogens is 387 g/mol. The number of aromatic nitrogens is 2. The lowest BCUT2D eigenvalue weighted by Crippen LogP contribution is -2.10. The van der Waals surface area contributed by atoms with Crippen LogP contribution in [0.4, 0.5) is 4.39 Å². The van der Waals surface area contributed by atoms with Crippen molar-refractivity contribution >= 4 is 22.6 Å². The van der Waals surface area contributed by atoms with Gasteiger partial charge in [0.25, 0.3) is 0 Å². The van der Waals surface area contributed by atoms with Crippen LogP contribution >= 0.6 is 11.6 Å². The fourth-order valence-electron chi connectivity index (χ4n) is 3.12. The lowest BCUT2D eigenvalue weighted by Gasteiger charge is -2.18. The SMILES string of the molecule is CC(C)(C)c1ccc2nc(-c3ccc(Cl)c(OCc4ccc(F)cc4)c3)[nH]c2c1. The number of hydrogen-bond acceptors (Lipinski definition) is 2. The van der Waals surface area contributed by atoms with E-state index in [-0.39, 0.29) is 11.2 Å². The molecule has 0 unspecified atom stereocenters. The number of hydrogen-bond donors (Lipinski definition) is 1. The van der Waals surface area contributed by atoms with Gasteiger partial charge < -0.3 is 9.72 Å². The third kappa shape index (κ3) is 4.28. The highest BCUT2D eigenvalue weighted by molar-refractivity contribution is 6.32. The maximum Gasteiger partial charge on any atom is 0.139 e. The van der Waals surface area contributed by atoms with Crippen LogP contribution in [0.5, 0.6) is 5.75 Å². The highest BCUT2D eigenvalue weighted by Gasteiger charge is 2.15. The van der Waals surface area contributed by atoms with Gasteiger partial charge in [0.15, 0.2) is 0 Å². The zero-order chi connectivity index (χ0) is 20.6. The number of halogens is 2. The van der Waals surface area contributed by atoms with Crippen LogP contribution in [-0.2, 0) is 12.0 Å². The summed E-state index contributed by atoms with van der Waals surface area (Å²) in [5.74, 6) is 1.05. The summed E-state index contributed by atoms with van der Waals surface area (Å²) in [5, 5.41) is 0.516. The quantitative estimate of drug-likeness (QED) is 0.398. The third-order valence-corrected chi connectivity index (χ3v) is 5.17. The fraction of sp³-hybridized carbons (Fsp3) is 0.208. The number of fused-ring (bicyclic) bond motifs is 1. The molecule has 0 atom stereocenters. The molecule has 148 valence electrons. The second kappa shape index (κ2) is 7.53. The summed E-state index contributed by atoms with van der Waals surface area (Å²) < 4.78 is 18.9. The van der Waals surface area contributed by atoms with E-state index in [9.17, 15) is 4.39 Å². The van der Waals surface area contributed by atoms with E-state index in [1.807, 2.05) is 18.2 Å². The summed E-state index contributed by atoms with van der Waals surface area (Å²) in [7, 11) is 0. The van der Waals surface area contributed by atoms with Crippen molar-refractivity contribution in [1.29, 1.82) is 0 Å². The van der Waals surface area contributed by atoms with Crippen LogP contribution in [0, 0.1) is 5.82 Å². The molecule has 0 saturated heterocycles. The average molecular weight is 409 g/mol. The Bertz CT molecular complexity index is 1160. The zero-order valence-corrected chi connectivity index (χ0v) is 17.3. The van der Waals surface area contributed by atoms with Crippen LogP contribution in [0.2, 0.25) is 5.02 Å². The van der Waals surface area contributed by atoms with Gasteiger partial charge in [-0.15, -0.1) is 0 Å². The topological polar surface area (TPSA) is 37.9 Å². The molecule has 0 radical (unpaired) electrons. The molecule has 0 fully saturated rings. The Balaban J connectivity index is 1.61. The lowest BCUT2D eigenvalue weighted by molar-refractivity contribution is 0.306. The Morgan fingerprint density at radius 3 is 2.48 bits per heavy atom. The summed E-state index contributed by atoms with van der Waals surface area (Å²) in [6, 6.07) is 18.1. The molecule has 4 aromatic rings. The Labute approximate surface area is 174 Å². The molecule has 0 saturated carbocycles. The summed E-state index contributed by atoms with van der Waals surface area (Å²) in [4.78, 5) is 8.11. The van der Waals surface area contributed by atoms with E-state index in [0.29, 0.717) is 17.4 Å². The molecule has 0 aliphatic carbocycles. The number of nitrogens with one attached hydrogen (secondary N) is 1. The molecule has 4 rings (SSSR count). The Hall–Kier alpha value is -2.85. The molecule has 3 aromatic carbocycles. The fourth-order valence-corrected chi connectivity index (χ4v) is 3.29. The van der Waals surface area contributed by atoms with Crippen molar-refractivity contribution in [2.24, 2.45) is 0 Å². The first kappa shape index (κ1) is 19.5. The van der Waals surface area contributed by atoms with E-state index in [1.54, 1.807) is 18.2 Å². The minimum atomic E-state index is -0.270. The maximum atomic E-state index is 13.1. The number of benzene rings is 3. The van der Waals surface area contributed by atoms with Crippen LogP contribution in [0.15, 0.2) is 60.7 Å².